The molecule has 3 rings (SSSR count). The number of nitrogens with two attached hydrogens (primary N) is 1. The number of aromatic nitrogens is 1. The van der Waals surface area contributed by atoms with Gasteiger partial charge in [0.05, 0.1) is 52.4 Å². The van der Waals surface area contributed by atoms with Gasteiger partial charge in [-0.05, 0) is 89.3 Å². The highest BCUT2D eigenvalue weighted by Gasteiger charge is 2.44. The number of hydrogen-bond donors (Lipinski definition) is 2. The SMILES string of the molecule is CCOC(=O)C1CCC(N=C(C(=CN)C(=O)N(CC2CCC(C)(O)CC2)CC(O[Si](CC)(CC)CC)c2c(Cl)cncc2Cl)C(F)(F)F)CC1. The van der Waals surface area contributed by atoms with Crippen molar-refractivity contribution in [3.8, 4) is 0 Å². The molecule has 1 heterocycles. The highest BCUT2D eigenvalue weighted by molar-refractivity contribution is 6.73. The van der Waals surface area contributed by atoms with Crippen molar-refractivity contribution < 1.29 is 37.0 Å². The zero-order valence-corrected chi connectivity index (χ0v) is 32.3. The van der Waals surface area contributed by atoms with E-state index >= 15 is 0 Å². The molecule has 15 heteroatoms. The van der Waals surface area contributed by atoms with E-state index in [-0.39, 0.29) is 54.5 Å². The van der Waals surface area contributed by atoms with Crippen LogP contribution >= 0.6 is 23.2 Å². The lowest BCUT2D eigenvalue weighted by molar-refractivity contribution is -0.149. The van der Waals surface area contributed by atoms with E-state index in [1.165, 1.54) is 17.3 Å². The van der Waals surface area contributed by atoms with Crippen molar-refractivity contribution in [2.24, 2.45) is 22.6 Å². The molecule has 0 aromatic carbocycles. The first kappa shape index (κ1) is 42.2. The minimum absolute atomic E-state index is 0.0984. The number of aliphatic hydroxyl groups is 1. The Morgan fingerprint density at radius 3 is 2.12 bits per heavy atom. The number of nitrogens with zero attached hydrogens (tertiary/aromatic N) is 3. The first-order chi connectivity index (χ1) is 23.5. The third-order valence-electron chi connectivity index (χ3n) is 10.4. The number of hydrogen-bond acceptors (Lipinski definition) is 8. The minimum Gasteiger partial charge on any atom is -0.466 e. The van der Waals surface area contributed by atoms with Gasteiger partial charge < -0.3 is 24.9 Å². The smallest absolute Gasteiger partial charge is 0.433 e. The summed E-state index contributed by atoms with van der Waals surface area (Å²) in [7, 11) is -2.40. The summed E-state index contributed by atoms with van der Waals surface area (Å²) in [5.74, 6) is -1.80. The van der Waals surface area contributed by atoms with Crippen LogP contribution in [0.25, 0.3) is 0 Å². The summed E-state index contributed by atoms with van der Waals surface area (Å²) in [4.78, 5) is 36.2. The zero-order valence-electron chi connectivity index (χ0n) is 29.8. The van der Waals surface area contributed by atoms with Crippen molar-refractivity contribution in [2.75, 3.05) is 19.7 Å². The molecule has 0 aliphatic heterocycles. The normalized spacial score (nSPS) is 24.5. The number of amides is 1. The number of aliphatic imine (C=N–C) groups is 1. The number of carbonyl (C=O) groups excluding carboxylic acids is 2. The van der Waals surface area contributed by atoms with Crippen LogP contribution < -0.4 is 5.73 Å². The summed E-state index contributed by atoms with van der Waals surface area (Å²) >= 11 is 13.3. The van der Waals surface area contributed by atoms with Crippen LogP contribution in [0.5, 0.6) is 0 Å². The fourth-order valence-electron chi connectivity index (χ4n) is 7.05. The standard InChI is InChI=1S/C35H53Cl2F3N4O5Si/c1-6-48-33(46)24-10-12-25(13-11-24)43-31(35(38,39)40)26(18-41)32(45)44(21-23-14-16-34(5,47)17-15-23)22-29(49-50(7-2,8-3)9-4)30-27(36)19-42-20-28(30)37/h18-20,23-25,29,47H,6-17,21-22,41H2,1-5H3. The van der Waals surface area contributed by atoms with Gasteiger partial charge in [0.1, 0.15) is 0 Å². The molecule has 282 valence electrons. The maximum absolute atomic E-state index is 14.8. The lowest BCUT2D eigenvalue weighted by Gasteiger charge is -2.39. The number of rotatable bonds is 15. The molecule has 1 aromatic heterocycles. The lowest BCUT2D eigenvalue weighted by atomic mass is 9.79. The van der Waals surface area contributed by atoms with E-state index < -0.39 is 55.4 Å². The lowest BCUT2D eigenvalue weighted by Crippen LogP contribution is -2.46. The van der Waals surface area contributed by atoms with E-state index in [2.05, 4.69) is 9.98 Å². The fraction of sp³-hybridized carbons (Fsp3) is 0.714. The van der Waals surface area contributed by atoms with Crippen molar-refractivity contribution >= 4 is 49.1 Å². The average Bonchev–Trinajstić information content (AvgIpc) is 3.07. The molecule has 0 radical (unpaired) electrons. The van der Waals surface area contributed by atoms with E-state index in [9.17, 15) is 27.9 Å². The summed E-state index contributed by atoms with van der Waals surface area (Å²) in [6.45, 7) is 9.78. The maximum Gasteiger partial charge on any atom is 0.433 e. The van der Waals surface area contributed by atoms with Crippen LogP contribution in [0, 0.1) is 11.8 Å². The van der Waals surface area contributed by atoms with Gasteiger partial charge >= 0.3 is 12.1 Å². The van der Waals surface area contributed by atoms with Gasteiger partial charge in [-0.2, -0.15) is 13.2 Å². The van der Waals surface area contributed by atoms with Gasteiger partial charge in [0, 0.05) is 30.7 Å². The van der Waals surface area contributed by atoms with Crippen LogP contribution in [-0.2, 0) is 18.8 Å². The summed E-state index contributed by atoms with van der Waals surface area (Å²) < 4.78 is 56.5. The average molecular weight is 766 g/mol. The number of alkyl halides is 3. The predicted molar refractivity (Wildman–Crippen MR) is 193 cm³/mol. The third-order valence-corrected chi connectivity index (χ3v) is 15.7. The van der Waals surface area contributed by atoms with Crippen molar-refractivity contribution in [1.29, 1.82) is 0 Å². The Morgan fingerprint density at radius 2 is 1.64 bits per heavy atom. The second-order valence-electron chi connectivity index (χ2n) is 13.8. The highest BCUT2D eigenvalue weighted by atomic mass is 35.5. The van der Waals surface area contributed by atoms with Gasteiger partial charge in [0.25, 0.3) is 5.91 Å². The molecule has 1 amide bonds. The van der Waals surface area contributed by atoms with Crippen molar-refractivity contribution in [3.63, 3.8) is 0 Å². The summed E-state index contributed by atoms with van der Waals surface area (Å²) in [5.41, 5.74) is 3.33. The molecule has 2 aliphatic rings. The second kappa shape index (κ2) is 18.5. The summed E-state index contributed by atoms with van der Waals surface area (Å²) in [6, 6.07) is 1.53. The number of pyridine rings is 1. The van der Waals surface area contributed by atoms with Gasteiger partial charge in [-0.1, -0.05) is 44.0 Å². The maximum atomic E-state index is 14.8. The summed E-state index contributed by atoms with van der Waals surface area (Å²) in [5, 5.41) is 11.0. The fourth-order valence-corrected chi connectivity index (χ4v) is 10.5. The van der Waals surface area contributed by atoms with Crippen molar-refractivity contribution in [1.82, 2.24) is 9.88 Å². The molecule has 0 saturated heterocycles. The topological polar surface area (TPSA) is 127 Å². The van der Waals surface area contributed by atoms with E-state index in [1.807, 2.05) is 20.8 Å². The van der Waals surface area contributed by atoms with E-state index in [1.54, 1.807) is 13.8 Å². The second-order valence-corrected chi connectivity index (χ2v) is 19.4. The predicted octanol–water partition coefficient (Wildman–Crippen LogP) is 8.19. The molecule has 2 saturated carbocycles. The molecule has 50 heavy (non-hydrogen) atoms. The highest BCUT2D eigenvalue weighted by Crippen LogP contribution is 2.39. The molecule has 1 atom stereocenters. The molecule has 0 bridgehead atoms. The third kappa shape index (κ3) is 11.2. The Hall–Kier alpha value is -2.19. The first-order valence-corrected chi connectivity index (χ1v) is 21.0. The van der Waals surface area contributed by atoms with E-state index in [0.29, 0.717) is 50.3 Å². The van der Waals surface area contributed by atoms with Crippen LogP contribution in [0.3, 0.4) is 0 Å². The van der Waals surface area contributed by atoms with Gasteiger partial charge in [0.15, 0.2) is 14.0 Å². The molecule has 2 aliphatic carbocycles. The summed E-state index contributed by atoms with van der Waals surface area (Å²) in [6.07, 6.45) is 0.931. The van der Waals surface area contributed by atoms with Gasteiger partial charge in [-0.15, -0.1) is 0 Å². The van der Waals surface area contributed by atoms with Gasteiger partial charge in [0.2, 0.25) is 0 Å². The molecular weight excluding hydrogens is 712 g/mol. The van der Waals surface area contributed by atoms with Crippen LogP contribution in [0.4, 0.5) is 13.2 Å². The van der Waals surface area contributed by atoms with Crippen LogP contribution in [-0.4, -0.2) is 78.4 Å². The number of halogens is 5. The van der Waals surface area contributed by atoms with E-state index in [0.717, 1.165) is 18.1 Å². The zero-order chi connectivity index (χ0) is 37.3. The Labute approximate surface area is 305 Å². The molecular formula is C35H53Cl2F3N4O5Si. The minimum atomic E-state index is -4.99. The quantitative estimate of drug-likeness (QED) is 0.0798. The van der Waals surface area contributed by atoms with Crippen molar-refractivity contribution in [3.05, 3.63) is 39.8 Å². The van der Waals surface area contributed by atoms with Crippen LogP contribution in [0.2, 0.25) is 28.2 Å². The van der Waals surface area contributed by atoms with Crippen LogP contribution in [0.15, 0.2) is 29.2 Å². The first-order valence-electron chi connectivity index (χ1n) is 17.8. The van der Waals surface area contributed by atoms with Crippen LogP contribution in [0.1, 0.15) is 97.7 Å². The Morgan fingerprint density at radius 1 is 1.08 bits per heavy atom. The molecule has 9 nitrogen and oxygen atoms in total. The molecule has 3 N–H and O–H groups in total. The van der Waals surface area contributed by atoms with E-state index in [4.69, 9.17) is 38.1 Å². The Kier molecular flexibility index (Phi) is 15.6. The monoisotopic (exact) mass is 764 g/mol. The number of esters is 1. The Bertz CT molecular complexity index is 1330. The molecule has 1 aromatic rings. The van der Waals surface area contributed by atoms with Gasteiger partial charge in [-0.25, -0.2) is 0 Å². The Balaban J connectivity index is 2.06. The number of carbonyl (C=O) groups is 2. The van der Waals surface area contributed by atoms with Crippen molar-refractivity contribution in [2.45, 2.75) is 128 Å². The molecule has 2 fully saturated rings. The van der Waals surface area contributed by atoms with Gasteiger partial charge in [-0.3, -0.25) is 19.6 Å². The largest absolute Gasteiger partial charge is 0.466 e. The molecule has 0 spiro atoms. The number of ether oxygens (including phenoxy) is 1. The molecule has 1 unspecified atom stereocenters.